The Morgan fingerprint density at radius 2 is 2.00 bits per heavy atom. The van der Waals surface area contributed by atoms with Gasteiger partial charge in [0.2, 0.25) is 0 Å². The molecule has 2 aromatic rings. The summed E-state index contributed by atoms with van der Waals surface area (Å²) in [7, 11) is 0. The Hall–Kier alpha value is -1.40. The Balaban J connectivity index is 1.60. The minimum atomic E-state index is 0.217. The Morgan fingerprint density at radius 1 is 1.22 bits per heavy atom. The van der Waals surface area contributed by atoms with Gasteiger partial charge in [0.25, 0.3) is 0 Å². The highest BCUT2D eigenvalue weighted by atomic mass is 79.9. The number of aromatic hydroxyl groups is 1. The van der Waals surface area contributed by atoms with E-state index in [0.717, 1.165) is 67.5 Å². The van der Waals surface area contributed by atoms with E-state index >= 15 is 0 Å². The van der Waals surface area contributed by atoms with Gasteiger partial charge in [-0.15, -0.1) is 0 Å². The lowest BCUT2D eigenvalue weighted by Crippen LogP contribution is -2.37. The van der Waals surface area contributed by atoms with E-state index in [-0.39, 0.29) is 5.75 Å². The smallest absolute Gasteiger partial charge is 0.138 e. The molecule has 0 unspecified atom stereocenters. The van der Waals surface area contributed by atoms with Crippen molar-refractivity contribution in [1.82, 2.24) is 4.90 Å². The summed E-state index contributed by atoms with van der Waals surface area (Å²) in [6.45, 7) is 5.42. The first-order chi connectivity index (χ1) is 13.1. The molecule has 2 aromatic carbocycles. The first-order valence-corrected chi connectivity index (χ1v) is 10.4. The fraction of sp³-hybridized carbons (Fsp3) is 0.381. The molecule has 0 saturated carbocycles. The molecule has 3 rings (SSSR count). The van der Waals surface area contributed by atoms with Gasteiger partial charge in [-0.2, -0.15) is 0 Å². The van der Waals surface area contributed by atoms with Gasteiger partial charge < -0.3 is 9.84 Å². The number of morpholine rings is 1. The number of aliphatic imine (C=N–C) groups is 1. The van der Waals surface area contributed by atoms with E-state index in [9.17, 15) is 5.11 Å². The van der Waals surface area contributed by atoms with E-state index in [4.69, 9.17) is 16.3 Å². The van der Waals surface area contributed by atoms with Crippen molar-refractivity contribution in [2.45, 2.75) is 12.8 Å². The van der Waals surface area contributed by atoms with Gasteiger partial charge in [-0.1, -0.05) is 29.8 Å². The van der Waals surface area contributed by atoms with Crippen LogP contribution in [0.5, 0.6) is 5.75 Å². The molecule has 1 aliphatic heterocycles. The minimum absolute atomic E-state index is 0.217. The highest BCUT2D eigenvalue weighted by Gasteiger charge is 2.10. The van der Waals surface area contributed by atoms with Crippen LogP contribution in [0, 0.1) is 0 Å². The van der Waals surface area contributed by atoms with E-state index in [1.165, 1.54) is 0 Å². The van der Waals surface area contributed by atoms with Crippen molar-refractivity contribution in [1.29, 1.82) is 0 Å². The van der Waals surface area contributed by atoms with Crippen LogP contribution < -0.4 is 0 Å². The van der Waals surface area contributed by atoms with Crippen molar-refractivity contribution < 1.29 is 9.84 Å². The zero-order valence-corrected chi connectivity index (χ0v) is 17.5. The van der Waals surface area contributed by atoms with Gasteiger partial charge in [0.1, 0.15) is 5.75 Å². The molecule has 0 amide bonds. The summed E-state index contributed by atoms with van der Waals surface area (Å²) < 4.78 is 6.03. The third-order valence-electron chi connectivity index (χ3n) is 4.60. The Labute approximate surface area is 174 Å². The second-order valence-electron chi connectivity index (χ2n) is 6.63. The van der Waals surface area contributed by atoms with Crippen LogP contribution >= 0.6 is 27.5 Å². The zero-order chi connectivity index (χ0) is 19.1. The van der Waals surface area contributed by atoms with Crippen LogP contribution in [0.15, 0.2) is 45.9 Å². The monoisotopic (exact) mass is 450 g/mol. The summed E-state index contributed by atoms with van der Waals surface area (Å²) in [5, 5.41) is 11.1. The molecule has 1 aliphatic rings. The summed E-state index contributed by atoms with van der Waals surface area (Å²) in [5.41, 5.74) is 2.85. The molecule has 0 radical (unpaired) electrons. The summed E-state index contributed by atoms with van der Waals surface area (Å²) in [4.78, 5) is 6.90. The lowest BCUT2D eigenvalue weighted by Gasteiger charge is -2.26. The molecule has 27 heavy (non-hydrogen) atoms. The summed E-state index contributed by atoms with van der Waals surface area (Å²) in [6, 6.07) is 11.7. The predicted molar refractivity (Wildman–Crippen MR) is 114 cm³/mol. The van der Waals surface area contributed by atoms with Crippen molar-refractivity contribution in [3.8, 4) is 5.75 Å². The molecule has 0 spiro atoms. The molecular formula is C21H24BrClN2O2. The van der Waals surface area contributed by atoms with E-state index in [0.29, 0.717) is 10.9 Å². The van der Waals surface area contributed by atoms with E-state index in [1.54, 1.807) is 6.21 Å². The fourth-order valence-electron chi connectivity index (χ4n) is 3.11. The molecule has 1 heterocycles. The Kier molecular flexibility index (Phi) is 7.70. The number of phenolic OH excluding ortho intramolecular Hbond substituents is 1. The molecule has 1 N–H and O–H groups in total. The van der Waals surface area contributed by atoms with E-state index in [2.05, 4.69) is 25.8 Å². The second kappa shape index (κ2) is 10.2. The molecule has 0 aromatic heterocycles. The maximum atomic E-state index is 10.3. The van der Waals surface area contributed by atoms with Gasteiger partial charge in [-0.25, -0.2) is 0 Å². The first-order valence-electron chi connectivity index (χ1n) is 9.18. The average molecular weight is 452 g/mol. The quantitative estimate of drug-likeness (QED) is 0.496. The molecule has 0 aliphatic carbocycles. The normalized spacial score (nSPS) is 15.5. The van der Waals surface area contributed by atoms with Gasteiger partial charge in [0.05, 0.1) is 17.7 Å². The molecule has 144 valence electrons. The summed E-state index contributed by atoms with van der Waals surface area (Å²) in [5.74, 6) is 0.217. The molecular weight excluding hydrogens is 428 g/mol. The van der Waals surface area contributed by atoms with Crippen molar-refractivity contribution >= 4 is 33.7 Å². The SMILES string of the molecule is Oc1c(Br)cc(Cc2ccccc2Cl)cc1C=NCCCN1CCOCC1. The standard InChI is InChI=1S/C21H24BrClN2O2/c22-19-14-16(12-17-4-1-2-5-20(17)23)13-18(21(19)26)15-24-6-3-7-25-8-10-27-11-9-25/h1-2,4-5,13-15,26H,3,6-12H2. The van der Waals surface area contributed by atoms with Crippen molar-refractivity contribution in [3.05, 3.63) is 62.6 Å². The summed E-state index contributed by atoms with van der Waals surface area (Å²) in [6.07, 6.45) is 3.46. The average Bonchev–Trinajstić information content (AvgIpc) is 2.68. The largest absolute Gasteiger partial charge is 0.506 e. The number of rotatable bonds is 7. The lowest BCUT2D eigenvalue weighted by atomic mass is 10.0. The second-order valence-corrected chi connectivity index (χ2v) is 7.89. The van der Waals surface area contributed by atoms with Gasteiger partial charge in [0.15, 0.2) is 0 Å². The van der Waals surface area contributed by atoms with Crippen LogP contribution in [0.1, 0.15) is 23.1 Å². The van der Waals surface area contributed by atoms with Crippen LogP contribution in [0.25, 0.3) is 0 Å². The Bertz CT molecular complexity index is 792. The van der Waals surface area contributed by atoms with Gasteiger partial charge in [0, 0.05) is 43.0 Å². The number of hydrogen-bond donors (Lipinski definition) is 1. The molecule has 1 saturated heterocycles. The minimum Gasteiger partial charge on any atom is -0.506 e. The van der Waals surface area contributed by atoms with Crippen molar-refractivity contribution in [3.63, 3.8) is 0 Å². The summed E-state index contributed by atoms with van der Waals surface area (Å²) >= 11 is 9.71. The van der Waals surface area contributed by atoms with E-state index < -0.39 is 0 Å². The number of ether oxygens (including phenoxy) is 1. The topological polar surface area (TPSA) is 45.1 Å². The molecule has 1 fully saturated rings. The first kappa shape index (κ1) is 20.3. The highest BCUT2D eigenvalue weighted by Crippen LogP contribution is 2.30. The van der Waals surface area contributed by atoms with Crippen LogP contribution in [-0.2, 0) is 11.2 Å². The molecule has 0 atom stereocenters. The molecule has 6 heteroatoms. The van der Waals surface area contributed by atoms with E-state index in [1.807, 2.05) is 36.4 Å². The predicted octanol–water partition coefficient (Wildman–Crippen LogP) is 4.54. The Morgan fingerprint density at radius 3 is 2.78 bits per heavy atom. The third-order valence-corrected chi connectivity index (χ3v) is 5.57. The van der Waals surface area contributed by atoms with Crippen LogP contribution in [-0.4, -0.2) is 55.6 Å². The number of nitrogens with zero attached hydrogens (tertiary/aromatic N) is 2. The van der Waals surface area contributed by atoms with Gasteiger partial charge in [-0.3, -0.25) is 9.89 Å². The third kappa shape index (κ3) is 6.04. The maximum absolute atomic E-state index is 10.3. The van der Waals surface area contributed by atoms with Crippen LogP contribution in [0.3, 0.4) is 0 Å². The maximum Gasteiger partial charge on any atom is 0.138 e. The zero-order valence-electron chi connectivity index (χ0n) is 15.2. The number of phenols is 1. The van der Waals surface area contributed by atoms with Gasteiger partial charge in [-0.05, 0) is 58.1 Å². The van der Waals surface area contributed by atoms with Crippen molar-refractivity contribution in [2.75, 3.05) is 39.4 Å². The van der Waals surface area contributed by atoms with Crippen LogP contribution in [0.4, 0.5) is 0 Å². The fourth-order valence-corrected chi connectivity index (χ4v) is 3.84. The number of hydrogen-bond acceptors (Lipinski definition) is 4. The highest BCUT2D eigenvalue weighted by molar-refractivity contribution is 9.10. The number of benzene rings is 2. The lowest BCUT2D eigenvalue weighted by molar-refractivity contribution is 0.0377. The van der Waals surface area contributed by atoms with Crippen molar-refractivity contribution in [2.24, 2.45) is 4.99 Å². The van der Waals surface area contributed by atoms with Gasteiger partial charge >= 0.3 is 0 Å². The number of halogens is 2. The molecule has 4 nitrogen and oxygen atoms in total. The molecule has 0 bridgehead atoms. The van der Waals surface area contributed by atoms with Crippen LogP contribution in [0.2, 0.25) is 5.02 Å².